The van der Waals surface area contributed by atoms with Crippen LogP contribution in [0, 0.1) is 29.6 Å². The van der Waals surface area contributed by atoms with E-state index in [4.69, 9.17) is 27.8 Å². The standard InChI is InChI=1S/C47H82O7Si2/c1-33(27-34(2)43(53-55(15,16)46(7,8)9)37(5)30-51-31-39-19-23-41(49-13)24-20-39)28-35(3)45(54-56(17,18)47(10,11)12)38(6)44(36(4)29-48)52-32-40-21-25-42(50-14)26-22-40/h19-27,34-38,43-45,48H,28-32H2,1-18H3/t34-,35-,36-,37-,38+,43+,44-,45+/m0/s1. The molecule has 0 bridgehead atoms. The summed E-state index contributed by atoms with van der Waals surface area (Å²) < 4.78 is 38.3. The number of allylic oxidation sites excluding steroid dienone is 1. The highest BCUT2D eigenvalue weighted by Crippen LogP contribution is 2.42. The maximum Gasteiger partial charge on any atom is 0.192 e. The number of rotatable bonds is 23. The van der Waals surface area contributed by atoms with Crippen LogP contribution in [0.25, 0.3) is 0 Å². The van der Waals surface area contributed by atoms with E-state index in [-0.39, 0.29) is 64.6 Å². The lowest BCUT2D eigenvalue weighted by Crippen LogP contribution is -2.50. The number of benzene rings is 2. The summed E-state index contributed by atoms with van der Waals surface area (Å²) in [6, 6.07) is 16.1. The van der Waals surface area contributed by atoms with E-state index in [0.717, 1.165) is 29.0 Å². The molecule has 2 rings (SSSR count). The van der Waals surface area contributed by atoms with Crippen LogP contribution in [0.3, 0.4) is 0 Å². The van der Waals surface area contributed by atoms with Gasteiger partial charge in [-0.2, -0.15) is 0 Å². The molecular formula is C47H82O7Si2. The molecule has 9 heteroatoms. The van der Waals surface area contributed by atoms with E-state index in [1.54, 1.807) is 14.2 Å². The number of methoxy groups -OCH3 is 2. The van der Waals surface area contributed by atoms with Crippen LogP contribution in [-0.4, -0.2) is 67.5 Å². The van der Waals surface area contributed by atoms with Crippen LogP contribution in [-0.2, 0) is 31.5 Å². The van der Waals surface area contributed by atoms with Crippen LogP contribution < -0.4 is 9.47 Å². The van der Waals surface area contributed by atoms with Gasteiger partial charge in [0.1, 0.15) is 11.5 Å². The van der Waals surface area contributed by atoms with Crippen molar-refractivity contribution in [1.29, 1.82) is 0 Å². The third-order valence-corrected chi connectivity index (χ3v) is 21.5. The fraction of sp³-hybridized carbons (Fsp3) is 0.702. The zero-order valence-electron chi connectivity index (χ0n) is 38.7. The molecule has 0 aliphatic heterocycles. The number of ether oxygens (including phenoxy) is 4. The smallest absolute Gasteiger partial charge is 0.192 e. The summed E-state index contributed by atoms with van der Waals surface area (Å²) >= 11 is 0. The summed E-state index contributed by atoms with van der Waals surface area (Å²) in [6.07, 6.45) is 3.09. The molecule has 0 fully saturated rings. The lowest BCUT2D eigenvalue weighted by Gasteiger charge is -2.45. The van der Waals surface area contributed by atoms with E-state index in [1.807, 2.05) is 36.4 Å². The molecular weight excluding hydrogens is 733 g/mol. The fourth-order valence-corrected chi connectivity index (χ4v) is 9.93. The molecule has 0 aromatic heterocycles. The molecule has 0 heterocycles. The van der Waals surface area contributed by atoms with E-state index in [9.17, 15) is 5.11 Å². The van der Waals surface area contributed by atoms with Gasteiger partial charge in [0, 0.05) is 24.4 Å². The molecule has 0 aliphatic carbocycles. The Bertz CT molecular complexity index is 1440. The first-order chi connectivity index (χ1) is 25.9. The van der Waals surface area contributed by atoms with Gasteiger partial charge in [-0.25, -0.2) is 0 Å². The van der Waals surface area contributed by atoms with E-state index < -0.39 is 16.6 Å². The Hall–Kier alpha value is -1.99. The number of hydrogen-bond donors (Lipinski definition) is 1. The Morgan fingerprint density at radius 1 is 0.643 bits per heavy atom. The average molecular weight is 815 g/mol. The molecule has 2 aromatic rings. The van der Waals surface area contributed by atoms with Gasteiger partial charge >= 0.3 is 0 Å². The molecule has 1 N–H and O–H groups in total. The summed E-state index contributed by atoms with van der Waals surface area (Å²) in [5.41, 5.74) is 3.54. The highest BCUT2D eigenvalue weighted by molar-refractivity contribution is 6.74. The lowest BCUT2D eigenvalue weighted by molar-refractivity contribution is -0.0814. The molecule has 320 valence electrons. The Morgan fingerprint density at radius 2 is 1.09 bits per heavy atom. The maximum absolute atomic E-state index is 10.4. The second-order valence-corrected chi connectivity index (χ2v) is 29.2. The predicted octanol–water partition coefficient (Wildman–Crippen LogP) is 12.1. The minimum absolute atomic E-state index is 0.0105. The van der Waals surface area contributed by atoms with Crippen molar-refractivity contribution in [3.05, 3.63) is 71.3 Å². The van der Waals surface area contributed by atoms with Gasteiger partial charge in [0.2, 0.25) is 0 Å². The van der Waals surface area contributed by atoms with Crippen LogP contribution in [0.2, 0.25) is 36.3 Å². The first-order valence-corrected chi connectivity index (χ1v) is 26.8. The largest absolute Gasteiger partial charge is 0.497 e. The average Bonchev–Trinajstić information content (AvgIpc) is 3.12. The van der Waals surface area contributed by atoms with Crippen molar-refractivity contribution in [1.82, 2.24) is 0 Å². The first-order valence-electron chi connectivity index (χ1n) is 21.0. The van der Waals surface area contributed by atoms with E-state index in [2.05, 4.69) is 127 Å². The molecule has 0 spiro atoms. The molecule has 0 radical (unpaired) electrons. The summed E-state index contributed by atoms with van der Waals surface area (Å²) in [5.74, 6) is 2.25. The number of aliphatic hydroxyl groups is 1. The van der Waals surface area contributed by atoms with Crippen LogP contribution in [0.1, 0.15) is 101 Å². The molecule has 7 nitrogen and oxygen atoms in total. The van der Waals surface area contributed by atoms with E-state index in [0.29, 0.717) is 19.8 Å². The summed E-state index contributed by atoms with van der Waals surface area (Å²) in [5, 5.41) is 10.6. The predicted molar refractivity (Wildman–Crippen MR) is 240 cm³/mol. The van der Waals surface area contributed by atoms with Crippen LogP contribution in [0.15, 0.2) is 60.2 Å². The van der Waals surface area contributed by atoms with Gasteiger partial charge in [0.25, 0.3) is 0 Å². The zero-order valence-corrected chi connectivity index (χ0v) is 40.7. The van der Waals surface area contributed by atoms with Crippen molar-refractivity contribution in [2.45, 2.75) is 157 Å². The van der Waals surface area contributed by atoms with Crippen molar-refractivity contribution in [3.63, 3.8) is 0 Å². The molecule has 8 atom stereocenters. The third kappa shape index (κ3) is 15.0. The molecule has 0 saturated carbocycles. The van der Waals surface area contributed by atoms with Crippen molar-refractivity contribution in [2.75, 3.05) is 27.4 Å². The molecule has 2 aromatic carbocycles. The number of aliphatic hydroxyl groups excluding tert-OH is 1. The Labute approximate surface area is 345 Å². The van der Waals surface area contributed by atoms with Crippen molar-refractivity contribution in [3.8, 4) is 11.5 Å². The Morgan fingerprint density at radius 3 is 1.52 bits per heavy atom. The molecule has 0 aliphatic rings. The molecule has 0 saturated heterocycles. The summed E-state index contributed by atoms with van der Waals surface area (Å²) in [4.78, 5) is 0. The fourth-order valence-electron chi connectivity index (χ4n) is 6.97. The van der Waals surface area contributed by atoms with Gasteiger partial charge in [-0.1, -0.05) is 112 Å². The normalized spacial score (nSPS) is 17.7. The number of hydrogen-bond acceptors (Lipinski definition) is 7. The topological polar surface area (TPSA) is 75.6 Å². The maximum atomic E-state index is 10.4. The first kappa shape index (κ1) is 50.2. The van der Waals surface area contributed by atoms with Gasteiger partial charge in [0.05, 0.1) is 52.4 Å². The Balaban J connectivity index is 2.38. The molecule has 56 heavy (non-hydrogen) atoms. The SMILES string of the molecule is COc1ccc(COC[C@H](C)[C@H](O[Si](C)(C)C(C)(C)C)[C@@H](C)C=C(C)C[C@H](C)[C@@H](O[Si](C)(C)C(C)(C)C)[C@H](C)[C@@H](OCc2ccc(OC)cc2)[C@@H](C)CO)cc1. The zero-order chi connectivity index (χ0) is 42.6. The molecule has 0 unspecified atom stereocenters. The van der Waals surface area contributed by atoms with E-state index in [1.165, 1.54) is 5.57 Å². The van der Waals surface area contributed by atoms with Crippen molar-refractivity contribution >= 4 is 16.6 Å². The van der Waals surface area contributed by atoms with Gasteiger partial charge in [-0.05, 0) is 96.8 Å². The van der Waals surface area contributed by atoms with Gasteiger partial charge in [-0.3, -0.25) is 0 Å². The highest BCUT2D eigenvalue weighted by Gasteiger charge is 2.44. The van der Waals surface area contributed by atoms with Gasteiger partial charge in [0.15, 0.2) is 16.6 Å². The Kier molecular flexibility index (Phi) is 19.6. The van der Waals surface area contributed by atoms with Crippen LogP contribution >= 0.6 is 0 Å². The minimum Gasteiger partial charge on any atom is -0.497 e. The summed E-state index contributed by atoms with van der Waals surface area (Å²) in [7, 11) is -0.895. The second-order valence-electron chi connectivity index (χ2n) is 19.7. The quantitative estimate of drug-likeness (QED) is 0.0884. The molecule has 0 amide bonds. The van der Waals surface area contributed by atoms with E-state index >= 15 is 0 Å². The second kappa shape index (κ2) is 21.9. The van der Waals surface area contributed by atoms with Crippen molar-refractivity contribution < 1.29 is 32.9 Å². The van der Waals surface area contributed by atoms with Crippen LogP contribution in [0.5, 0.6) is 11.5 Å². The lowest BCUT2D eigenvalue weighted by atomic mass is 9.81. The monoisotopic (exact) mass is 815 g/mol. The van der Waals surface area contributed by atoms with Crippen molar-refractivity contribution in [2.24, 2.45) is 29.6 Å². The minimum atomic E-state index is -2.17. The summed E-state index contributed by atoms with van der Waals surface area (Å²) in [6.45, 7) is 38.4. The van der Waals surface area contributed by atoms with Gasteiger partial charge < -0.3 is 32.9 Å². The van der Waals surface area contributed by atoms with Gasteiger partial charge in [-0.15, -0.1) is 0 Å². The van der Waals surface area contributed by atoms with Crippen LogP contribution in [0.4, 0.5) is 0 Å². The third-order valence-electron chi connectivity index (χ3n) is 12.6. The highest BCUT2D eigenvalue weighted by atomic mass is 28.4.